The Morgan fingerprint density at radius 3 is 2.70 bits per heavy atom. The summed E-state index contributed by atoms with van der Waals surface area (Å²) in [5.74, 6) is 4.78. The van der Waals surface area contributed by atoms with Crippen molar-refractivity contribution in [1.29, 1.82) is 0 Å². The largest absolute Gasteiger partial charge is 0.480 e. The lowest BCUT2D eigenvalue weighted by Crippen LogP contribution is -2.68. The number of rotatable bonds is 6. The lowest BCUT2D eigenvalue weighted by molar-refractivity contribution is -0.228. The van der Waals surface area contributed by atoms with Gasteiger partial charge >= 0.3 is 5.97 Å². The monoisotopic (exact) mass is 685 g/mol. The van der Waals surface area contributed by atoms with Crippen LogP contribution in [0.3, 0.4) is 0 Å². The van der Waals surface area contributed by atoms with Gasteiger partial charge in [-0.15, -0.1) is 0 Å². The van der Waals surface area contributed by atoms with E-state index < -0.39 is 36.0 Å². The summed E-state index contributed by atoms with van der Waals surface area (Å²) in [6.07, 6.45) is -0.282. The van der Waals surface area contributed by atoms with Gasteiger partial charge in [0.05, 0.1) is 38.6 Å². The van der Waals surface area contributed by atoms with Crippen LogP contribution in [-0.4, -0.2) is 92.5 Å². The number of hydrogen-bond donors (Lipinski definition) is 1. The molecular weight excluding hydrogens is 652 g/mol. The van der Waals surface area contributed by atoms with Gasteiger partial charge in [0.25, 0.3) is 6.43 Å². The summed E-state index contributed by atoms with van der Waals surface area (Å²) < 4.78 is 54.1. The maximum absolute atomic E-state index is 14.1. The SMILES string of the molecule is Cc1cnn(C)c1C#Cc1cnc(O[C@H]2C[C@@H](C(=O)O)N(c3nc(C(F)F)nc4c3oc3ccccc34)C2)c(N2CCOC3(COC3)[C@@H]2C)c1. The predicted octanol–water partition coefficient (Wildman–Crippen LogP) is 4.26. The minimum atomic E-state index is -2.99. The number of anilines is 2. The molecule has 0 amide bonds. The molecule has 13 nitrogen and oxygen atoms in total. The lowest BCUT2D eigenvalue weighted by atomic mass is 9.90. The molecule has 7 heterocycles. The molecule has 3 saturated heterocycles. The maximum Gasteiger partial charge on any atom is 0.326 e. The zero-order valence-corrected chi connectivity index (χ0v) is 27.5. The van der Waals surface area contributed by atoms with Crippen LogP contribution in [0, 0.1) is 18.8 Å². The van der Waals surface area contributed by atoms with Crippen LogP contribution in [0.15, 0.2) is 47.1 Å². The number of carbonyl (C=O) groups is 1. The number of halogens is 2. The van der Waals surface area contributed by atoms with Gasteiger partial charge in [-0.05, 0) is 38.0 Å². The summed E-state index contributed by atoms with van der Waals surface area (Å²) in [6.45, 7) is 5.95. The number of fused-ring (bicyclic) bond motifs is 3. The number of alkyl halides is 2. The standard InChI is InChI=1S/C35H33F2N7O6/c1-19-14-39-42(3)24(19)9-8-21-12-25(43-10-11-48-35(20(43)2)17-47-18-35)33(38-15-21)49-22-13-26(34(45)46)44(16-22)32-29-28(40-31(41-32)30(36)37)23-6-4-5-7-27(23)50-29/h4-7,12,14-15,20,22,26,30H,10-11,13,16-18H2,1-3H3,(H,45,46)/t20-,22-,26-/m0/s1. The molecule has 15 heteroatoms. The molecule has 4 aromatic heterocycles. The quantitative estimate of drug-likeness (QED) is 0.256. The van der Waals surface area contributed by atoms with Gasteiger partial charge in [0.2, 0.25) is 5.88 Å². The highest BCUT2D eigenvalue weighted by Crippen LogP contribution is 2.41. The fourth-order valence-corrected chi connectivity index (χ4v) is 6.96. The maximum atomic E-state index is 14.1. The highest BCUT2D eigenvalue weighted by atomic mass is 19.3. The van der Waals surface area contributed by atoms with Gasteiger partial charge in [-0.2, -0.15) is 5.10 Å². The first kappa shape index (κ1) is 31.9. The van der Waals surface area contributed by atoms with Gasteiger partial charge < -0.3 is 33.5 Å². The molecule has 0 saturated carbocycles. The first-order valence-electron chi connectivity index (χ1n) is 16.2. The topological polar surface area (TPSA) is 141 Å². The number of carboxylic acids is 1. The van der Waals surface area contributed by atoms with Crippen LogP contribution < -0.4 is 14.5 Å². The zero-order chi connectivity index (χ0) is 34.7. The van der Waals surface area contributed by atoms with E-state index in [0.29, 0.717) is 48.6 Å². The van der Waals surface area contributed by atoms with Crippen LogP contribution in [0.2, 0.25) is 0 Å². The third kappa shape index (κ3) is 5.35. The van der Waals surface area contributed by atoms with Crippen molar-refractivity contribution >= 4 is 39.5 Å². The van der Waals surface area contributed by atoms with Gasteiger partial charge in [-0.25, -0.2) is 28.5 Å². The minimum Gasteiger partial charge on any atom is -0.480 e. The van der Waals surface area contributed by atoms with E-state index in [9.17, 15) is 18.7 Å². The van der Waals surface area contributed by atoms with Crippen molar-refractivity contribution in [2.24, 2.45) is 7.05 Å². The summed E-state index contributed by atoms with van der Waals surface area (Å²) in [5, 5.41) is 15.1. The Labute approximate surface area is 284 Å². The van der Waals surface area contributed by atoms with Crippen LogP contribution in [-0.2, 0) is 21.3 Å². The Morgan fingerprint density at radius 2 is 1.98 bits per heavy atom. The summed E-state index contributed by atoms with van der Waals surface area (Å²) in [5.41, 5.74) is 3.31. The van der Waals surface area contributed by atoms with Crippen LogP contribution in [0.5, 0.6) is 5.88 Å². The van der Waals surface area contributed by atoms with Crippen molar-refractivity contribution < 1.29 is 37.3 Å². The molecule has 1 N–H and O–H groups in total. The van der Waals surface area contributed by atoms with Crippen LogP contribution in [0.25, 0.3) is 22.1 Å². The van der Waals surface area contributed by atoms with E-state index >= 15 is 0 Å². The van der Waals surface area contributed by atoms with Crippen LogP contribution in [0.4, 0.5) is 20.3 Å². The van der Waals surface area contributed by atoms with E-state index in [4.69, 9.17) is 23.6 Å². The van der Waals surface area contributed by atoms with Gasteiger partial charge in [-0.3, -0.25) is 4.68 Å². The number of carboxylic acid groups (broad SMARTS) is 1. The molecule has 0 aliphatic carbocycles. The van der Waals surface area contributed by atoms with E-state index in [-0.39, 0.29) is 41.8 Å². The number of nitrogens with zero attached hydrogens (tertiary/aromatic N) is 7. The molecule has 1 aromatic carbocycles. The van der Waals surface area contributed by atoms with Crippen molar-refractivity contribution in [2.45, 2.75) is 50.5 Å². The number of pyridine rings is 1. The number of benzene rings is 1. The first-order chi connectivity index (χ1) is 24.1. The van der Waals surface area contributed by atoms with Gasteiger partial charge in [0, 0.05) is 42.7 Å². The van der Waals surface area contributed by atoms with Crippen molar-refractivity contribution in [1.82, 2.24) is 24.7 Å². The van der Waals surface area contributed by atoms with Crippen molar-refractivity contribution in [3.8, 4) is 17.7 Å². The molecule has 5 aromatic rings. The Kier molecular flexibility index (Phi) is 7.80. The molecule has 8 rings (SSSR count). The Hall–Kier alpha value is -5.33. The van der Waals surface area contributed by atoms with Crippen molar-refractivity contribution in [3.05, 3.63) is 65.4 Å². The number of morpholine rings is 1. The number of para-hydroxylation sites is 1. The third-order valence-electron chi connectivity index (χ3n) is 9.74. The molecule has 3 fully saturated rings. The second-order valence-electron chi connectivity index (χ2n) is 12.8. The second kappa shape index (κ2) is 12.2. The molecule has 0 bridgehead atoms. The smallest absolute Gasteiger partial charge is 0.326 e. The van der Waals surface area contributed by atoms with E-state index in [1.165, 1.54) is 4.90 Å². The summed E-state index contributed by atoms with van der Waals surface area (Å²) in [7, 11) is 1.83. The molecule has 1 spiro atoms. The normalized spacial score (nSPS) is 21.5. The fraction of sp³-hybridized carbons (Fsp3) is 0.400. The summed E-state index contributed by atoms with van der Waals surface area (Å²) in [6, 6.07) is 7.57. The van der Waals surface area contributed by atoms with Gasteiger partial charge in [-0.1, -0.05) is 18.1 Å². The predicted molar refractivity (Wildman–Crippen MR) is 177 cm³/mol. The van der Waals surface area contributed by atoms with E-state index in [2.05, 4.69) is 38.7 Å². The van der Waals surface area contributed by atoms with Crippen LogP contribution >= 0.6 is 0 Å². The zero-order valence-electron chi connectivity index (χ0n) is 27.5. The number of furan rings is 1. The summed E-state index contributed by atoms with van der Waals surface area (Å²) >= 11 is 0. The fourth-order valence-electron chi connectivity index (χ4n) is 6.96. The number of hydrogen-bond acceptors (Lipinski definition) is 11. The lowest BCUT2D eigenvalue weighted by Gasteiger charge is -2.53. The Balaban J connectivity index is 1.16. The average Bonchev–Trinajstić information content (AvgIpc) is 3.78. The average molecular weight is 686 g/mol. The third-order valence-corrected chi connectivity index (χ3v) is 9.74. The first-order valence-corrected chi connectivity index (χ1v) is 16.2. The van der Waals surface area contributed by atoms with E-state index in [1.54, 1.807) is 41.3 Å². The molecule has 3 atom stereocenters. The van der Waals surface area contributed by atoms with Crippen LogP contribution in [0.1, 0.15) is 42.4 Å². The van der Waals surface area contributed by atoms with E-state index in [1.807, 2.05) is 20.0 Å². The van der Waals surface area contributed by atoms with E-state index in [0.717, 1.165) is 11.3 Å². The molecule has 3 aliphatic heterocycles. The van der Waals surface area contributed by atoms with Crippen molar-refractivity contribution in [2.75, 3.05) is 42.7 Å². The molecule has 3 aliphatic rings. The second-order valence-corrected chi connectivity index (χ2v) is 12.8. The van der Waals surface area contributed by atoms with Gasteiger partial charge in [0.15, 0.2) is 17.2 Å². The number of aliphatic carboxylic acids is 1. The molecular formula is C35H33F2N7O6. The number of aromatic nitrogens is 5. The Morgan fingerprint density at radius 1 is 1.16 bits per heavy atom. The highest BCUT2D eigenvalue weighted by molar-refractivity contribution is 6.06. The number of aryl methyl sites for hydroxylation is 2. The molecule has 50 heavy (non-hydrogen) atoms. The Bertz CT molecular complexity index is 2170. The summed E-state index contributed by atoms with van der Waals surface area (Å²) in [4.78, 5) is 29.2. The van der Waals surface area contributed by atoms with Gasteiger partial charge in [0.1, 0.15) is 40.2 Å². The number of ether oxygens (including phenoxy) is 3. The molecule has 0 unspecified atom stereocenters. The van der Waals surface area contributed by atoms with Crippen molar-refractivity contribution in [3.63, 3.8) is 0 Å². The minimum absolute atomic E-state index is 0.0156. The molecule has 258 valence electrons. The highest BCUT2D eigenvalue weighted by Gasteiger charge is 2.50. The molecule has 0 radical (unpaired) electrons.